The minimum Gasteiger partial charge on any atom is -0.351 e. The van der Waals surface area contributed by atoms with Gasteiger partial charge in [-0.3, -0.25) is 5.84 Å². The average Bonchev–Trinajstić information content (AvgIpc) is 1.77. The highest BCUT2D eigenvalue weighted by atomic mass is 32.2. The van der Waals surface area contributed by atoms with Crippen molar-refractivity contribution in [2.24, 2.45) is 5.84 Å². The van der Waals surface area contributed by atoms with Gasteiger partial charge in [-0.1, -0.05) is 6.08 Å². The summed E-state index contributed by atoms with van der Waals surface area (Å²) < 4.78 is 0.896. The fourth-order valence-electron chi connectivity index (χ4n) is 0.489. The van der Waals surface area contributed by atoms with Crippen molar-refractivity contribution >= 4 is 11.9 Å². The van der Waals surface area contributed by atoms with Gasteiger partial charge in [-0.05, 0) is 17.4 Å². The molecule has 0 saturated heterocycles. The van der Waals surface area contributed by atoms with Gasteiger partial charge in [0.05, 0.1) is 0 Å². The lowest BCUT2D eigenvalue weighted by molar-refractivity contribution is -0.228. The molecule has 0 fully saturated rings. The molecule has 0 unspecified atom stereocenters. The topological polar surface area (TPSA) is 69.7 Å². The van der Waals surface area contributed by atoms with E-state index in [9.17, 15) is 0 Å². The Morgan fingerprint density at radius 1 is 1.67 bits per heavy atom. The van der Waals surface area contributed by atoms with Crippen LogP contribution >= 0.6 is 11.9 Å². The Hall–Kier alpha value is -0.0700. The predicted molar refractivity (Wildman–Crippen MR) is 34.5 cm³/mol. The number of hydrogen-bond acceptors (Lipinski definition) is 5. The first-order valence-electron chi connectivity index (χ1n) is 2.44. The van der Waals surface area contributed by atoms with Crippen LogP contribution in [0, 0.1) is 0 Å². The van der Waals surface area contributed by atoms with Crippen LogP contribution in [0.15, 0.2) is 11.5 Å². The maximum Gasteiger partial charge on any atom is 0.251 e. The summed E-state index contributed by atoms with van der Waals surface area (Å²) in [4.78, 5) is 0. The molecular weight excluding hydrogens is 140 g/mol. The molecule has 0 aromatic heterocycles. The summed E-state index contributed by atoms with van der Waals surface area (Å²) in [6.45, 7) is 0. The van der Waals surface area contributed by atoms with Crippen LogP contribution in [-0.2, 0) is 0 Å². The maximum absolute atomic E-state index is 8.93. The van der Waals surface area contributed by atoms with Crippen molar-refractivity contribution in [1.82, 2.24) is 4.41 Å². The van der Waals surface area contributed by atoms with Gasteiger partial charge in [-0.2, -0.15) is 0 Å². The van der Waals surface area contributed by atoms with Crippen LogP contribution in [0.4, 0.5) is 0 Å². The molecule has 5 heteroatoms. The number of nitrogens with zero attached hydrogens (tertiary/aromatic N) is 1. The van der Waals surface area contributed by atoms with Gasteiger partial charge in [0.1, 0.15) is 0 Å². The highest BCUT2D eigenvalue weighted by molar-refractivity contribution is 7.99. The Bertz CT molecular complexity index is 137. The second kappa shape index (κ2) is 2.28. The minimum absolute atomic E-state index is 0.149. The smallest absolute Gasteiger partial charge is 0.251 e. The van der Waals surface area contributed by atoms with Gasteiger partial charge >= 0.3 is 0 Å². The van der Waals surface area contributed by atoms with Gasteiger partial charge in [0, 0.05) is 6.42 Å². The number of hydrogen-bond donors (Lipinski definition) is 3. The SMILES string of the molecule is NN1SC=CCC1(O)O. The van der Waals surface area contributed by atoms with Crippen LogP contribution in [0.25, 0.3) is 0 Å². The molecule has 0 atom stereocenters. The van der Waals surface area contributed by atoms with Gasteiger partial charge < -0.3 is 10.2 Å². The Balaban J connectivity index is 2.64. The minimum atomic E-state index is -1.88. The predicted octanol–water partition coefficient (Wildman–Crippen LogP) is -0.634. The summed E-state index contributed by atoms with van der Waals surface area (Å²) in [5.74, 6) is 3.28. The largest absolute Gasteiger partial charge is 0.351 e. The molecule has 1 aliphatic heterocycles. The van der Waals surface area contributed by atoms with E-state index < -0.39 is 5.91 Å². The molecule has 1 heterocycles. The van der Waals surface area contributed by atoms with E-state index in [4.69, 9.17) is 16.1 Å². The highest BCUT2D eigenvalue weighted by Gasteiger charge is 2.30. The molecule has 9 heavy (non-hydrogen) atoms. The molecule has 0 aromatic rings. The third kappa shape index (κ3) is 1.44. The number of nitrogens with two attached hydrogens (primary N) is 1. The molecule has 1 rings (SSSR count). The molecule has 1 aliphatic rings. The summed E-state index contributed by atoms with van der Waals surface area (Å²) in [6, 6.07) is 0. The Morgan fingerprint density at radius 3 is 2.67 bits per heavy atom. The zero-order valence-electron chi connectivity index (χ0n) is 4.69. The van der Waals surface area contributed by atoms with Crippen LogP contribution in [0.1, 0.15) is 6.42 Å². The zero-order chi connectivity index (χ0) is 6.91. The van der Waals surface area contributed by atoms with Gasteiger partial charge in [0.15, 0.2) is 0 Å². The Labute approximate surface area is 57.1 Å². The van der Waals surface area contributed by atoms with Crippen molar-refractivity contribution in [1.29, 1.82) is 0 Å². The third-order valence-corrected chi connectivity index (χ3v) is 1.85. The molecule has 4 nitrogen and oxygen atoms in total. The molecule has 0 bridgehead atoms. The van der Waals surface area contributed by atoms with Crippen LogP contribution in [-0.4, -0.2) is 20.5 Å². The number of rotatable bonds is 0. The van der Waals surface area contributed by atoms with E-state index in [-0.39, 0.29) is 6.42 Å². The third-order valence-electron chi connectivity index (χ3n) is 1.02. The van der Waals surface area contributed by atoms with Crippen LogP contribution in [0.5, 0.6) is 0 Å². The van der Waals surface area contributed by atoms with E-state index in [0.29, 0.717) is 0 Å². The van der Waals surface area contributed by atoms with E-state index >= 15 is 0 Å². The summed E-state index contributed by atoms with van der Waals surface area (Å²) in [5, 5.41) is 19.6. The van der Waals surface area contributed by atoms with E-state index in [1.807, 2.05) is 0 Å². The van der Waals surface area contributed by atoms with Gasteiger partial charge in [0.25, 0.3) is 5.91 Å². The molecule has 4 N–H and O–H groups in total. The zero-order valence-corrected chi connectivity index (χ0v) is 5.51. The van der Waals surface area contributed by atoms with Crippen LogP contribution < -0.4 is 5.84 Å². The van der Waals surface area contributed by atoms with Crippen LogP contribution in [0.2, 0.25) is 0 Å². The second-order valence-electron chi connectivity index (χ2n) is 1.78. The number of hydrazine groups is 1. The molecule has 0 aromatic carbocycles. The van der Waals surface area contributed by atoms with Gasteiger partial charge in [0.2, 0.25) is 0 Å². The summed E-state index contributed by atoms with van der Waals surface area (Å²) in [5.41, 5.74) is 0. The van der Waals surface area contributed by atoms with Gasteiger partial charge in [-0.15, -0.1) is 4.41 Å². The van der Waals surface area contributed by atoms with E-state index in [1.165, 1.54) is 0 Å². The van der Waals surface area contributed by atoms with Crippen molar-refractivity contribution in [3.05, 3.63) is 11.5 Å². The summed E-state index contributed by atoms with van der Waals surface area (Å²) in [6.07, 6.45) is 1.80. The Morgan fingerprint density at radius 2 is 2.33 bits per heavy atom. The van der Waals surface area contributed by atoms with E-state index in [1.54, 1.807) is 11.5 Å². The lowest BCUT2D eigenvalue weighted by Crippen LogP contribution is -2.49. The van der Waals surface area contributed by atoms with E-state index in [0.717, 1.165) is 16.4 Å². The van der Waals surface area contributed by atoms with Gasteiger partial charge in [-0.25, -0.2) is 0 Å². The Kier molecular flexibility index (Phi) is 1.78. The van der Waals surface area contributed by atoms with Crippen molar-refractivity contribution < 1.29 is 10.2 Å². The van der Waals surface area contributed by atoms with Crippen molar-refractivity contribution in [3.63, 3.8) is 0 Å². The van der Waals surface area contributed by atoms with Crippen LogP contribution in [0.3, 0.4) is 0 Å². The molecule has 0 spiro atoms. The maximum atomic E-state index is 8.93. The number of aliphatic hydroxyl groups is 2. The fraction of sp³-hybridized carbons (Fsp3) is 0.500. The standard InChI is InChI=1S/C4H8N2O2S/c5-6-4(7,8)2-1-3-9-6/h1,3,7-8H,2,5H2. The monoisotopic (exact) mass is 148 g/mol. The first kappa shape index (κ1) is 7.04. The average molecular weight is 148 g/mol. The fourth-order valence-corrected chi connectivity index (χ4v) is 1.05. The van der Waals surface area contributed by atoms with Crippen molar-refractivity contribution in [2.75, 3.05) is 0 Å². The molecular formula is C4H8N2O2S. The molecule has 0 radical (unpaired) electrons. The lowest BCUT2D eigenvalue weighted by Gasteiger charge is -2.30. The molecule has 0 amide bonds. The molecule has 0 aliphatic carbocycles. The first-order valence-corrected chi connectivity index (χ1v) is 3.28. The second-order valence-corrected chi connectivity index (χ2v) is 2.66. The first-order chi connectivity index (χ1) is 4.13. The lowest BCUT2D eigenvalue weighted by atomic mass is 10.3. The normalized spacial score (nSPS) is 26.6. The molecule has 0 saturated carbocycles. The quantitative estimate of drug-likeness (QED) is 0.242. The molecule has 52 valence electrons. The van der Waals surface area contributed by atoms with Crippen molar-refractivity contribution in [3.8, 4) is 0 Å². The summed E-state index contributed by atoms with van der Waals surface area (Å²) >= 11 is 1.06. The van der Waals surface area contributed by atoms with Crippen molar-refractivity contribution in [2.45, 2.75) is 12.3 Å². The van der Waals surface area contributed by atoms with E-state index in [2.05, 4.69) is 0 Å². The highest BCUT2D eigenvalue weighted by Crippen LogP contribution is 2.24. The summed E-state index contributed by atoms with van der Waals surface area (Å²) in [7, 11) is 0.